The van der Waals surface area contributed by atoms with E-state index in [1.165, 1.54) is 9.13 Å². The van der Waals surface area contributed by atoms with E-state index in [2.05, 4.69) is 0 Å². The third-order valence-electron chi connectivity index (χ3n) is 3.07. The molecule has 0 aliphatic heterocycles. The summed E-state index contributed by atoms with van der Waals surface area (Å²) in [6.45, 7) is 4.52. The first-order valence-corrected chi connectivity index (χ1v) is 7.64. The monoisotopic (exact) mass is 404 g/mol. The first-order valence-electron chi connectivity index (χ1n) is 6.19. The lowest BCUT2D eigenvalue weighted by Gasteiger charge is -2.11. The molecule has 2 rings (SSSR count). The van der Waals surface area contributed by atoms with Crippen LogP contribution >= 0.6 is 34.2 Å². The molecule has 0 bridgehead atoms. The number of aromatic nitrogens is 2. The molecule has 1 aromatic carbocycles. The van der Waals surface area contributed by atoms with Gasteiger partial charge < -0.3 is 0 Å². The molecular formula is C14H14ClIN2O2. The average Bonchev–Trinajstić information content (AvgIpc) is 2.41. The van der Waals surface area contributed by atoms with E-state index in [0.29, 0.717) is 15.1 Å². The molecule has 0 N–H and O–H groups in total. The summed E-state index contributed by atoms with van der Waals surface area (Å²) in [7, 11) is 0. The molecule has 20 heavy (non-hydrogen) atoms. The molecule has 0 atom stereocenters. The molecule has 0 radical (unpaired) electrons. The number of rotatable bonds is 3. The maximum atomic E-state index is 12.2. The fourth-order valence-corrected chi connectivity index (χ4v) is 2.86. The van der Waals surface area contributed by atoms with E-state index < -0.39 is 0 Å². The Kier molecular flexibility index (Phi) is 4.70. The van der Waals surface area contributed by atoms with E-state index in [0.717, 1.165) is 11.1 Å². The van der Waals surface area contributed by atoms with E-state index in [9.17, 15) is 9.59 Å². The fourth-order valence-electron chi connectivity index (χ4n) is 1.94. The lowest BCUT2D eigenvalue weighted by atomic mass is 10.1. The Bertz CT molecular complexity index is 765. The van der Waals surface area contributed by atoms with Gasteiger partial charge in [0.1, 0.15) is 0 Å². The second-order valence-corrected chi connectivity index (χ2v) is 6.10. The van der Waals surface area contributed by atoms with Gasteiger partial charge in [-0.25, -0.2) is 4.79 Å². The van der Waals surface area contributed by atoms with Crippen LogP contribution in [0.25, 0.3) is 0 Å². The Morgan fingerprint density at radius 2 is 2.00 bits per heavy atom. The number of hydrogen-bond donors (Lipinski definition) is 0. The van der Waals surface area contributed by atoms with E-state index in [-0.39, 0.29) is 17.8 Å². The van der Waals surface area contributed by atoms with Crippen molar-refractivity contribution in [2.45, 2.75) is 26.9 Å². The molecule has 106 valence electrons. The zero-order chi connectivity index (χ0) is 14.9. The summed E-state index contributed by atoms with van der Waals surface area (Å²) in [4.78, 5) is 24.4. The van der Waals surface area contributed by atoms with Gasteiger partial charge in [-0.1, -0.05) is 23.7 Å². The number of hydrogen-bond acceptors (Lipinski definition) is 2. The van der Waals surface area contributed by atoms with Gasteiger partial charge in [0.05, 0.1) is 10.1 Å². The van der Waals surface area contributed by atoms with E-state index in [1.807, 2.05) is 54.6 Å². The molecule has 2 aromatic rings. The summed E-state index contributed by atoms with van der Waals surface area (Å²) in [6, 6.07) is 5.59. The second kappa shape index (κ2) is 6.13. The van der Waals surface area contributed by atoms with E-state index >= 15 is 0 Å². The SMILES string of the molecule is CCn1cc(I)c(=O)n(Cc2ccc(C)cc2Cl)c1=O. The summed E-state index contributed by atoms with van der Waals surface area (Å²) >= 11 is 8.12. The first-order chi connectivity index (χ1) is 9.43. The summed E-state index contributed by atoms with van der Waals surface area (Å²) in [6.07, 6.45) is 1.58. The predicted octanol–water partition coefficient (Wildman–Crippen LogP) is 2.64. The Hall–Kier alpha value is -1.08. The molecule has 0 fully saturated rings. The number of nitrogens with zero attached hydrogens (tertiary/aromatic N) is 2. The normalized spacial score (nSPS) is 10.8. The van der Waals surface area contributed by atoms with Gasteiger partial charge in [0.15, 0.2) is 0 Å². The van der Waals surface area contributed by atoms with Crippen LogP contribution in [0.5, 0.6) is 0 Å². The molecule has 0 spiro atoms. The van der Waals surface area contributed by atoms with Gasteiger partial charge >= 0.3 is 5.69 Å². The number of aryl methyl sites for hydroxylation is 2. The van der Waals surface area contributed by atoms with Crippen molar-refractivity contribution >= 4 is 34.2 Å². The van der Waals surface area contributed by atoms with Crippen molar-refractivity contribution in [3.8, 4) is 0 Å². The van der Waals surface area contributed by atoms with Crippen molar-refractivity contribution in [3.05, 3.63) is 65.0 Å². The molecule has 6 heteroatoms. The van der Waals surface area contributed by atoms with Gasteiger partial charge in [-0.05, 0) is 53.6 Å². The Morgan fingerprint density at radius 1 is 1.30 bits per heavy atom. The van der Waals surface area contributed by atoms with E-state index in [4.69, 9.17) is 11.6 Å². The van der Waals surface area contributed by atoms with E-state index in [1.54, 1.807) is 6.20 Å². The lowest BCUT2D eigenvalue weighted by molar-refractivity contribution is 0.595. The predicted molar refractivity (Wildman–Crippen MR) is 88.6 cm³/mol. The fraction of sp³-hybridized carbons (Fsp3) is 0.286. The highest BCUT2D eigenvalue weighted by Crippen LogP contribution is 2.17. The van der Waals surface area contributed by atoms with Crippen LogP contribution in [0.4, 0.5) is 0 Å². The average molecular weight is 405 g/mol. The minimum Gasteiger partial charge on any atom is -0.300 e. The Morgan fingerprint density at radius 3 is 2.60 bits per heavy atom. The van der Waals surface area contributed by atoms with Crippen LogP contribution in [0.15, 0.2) is 34.0 Å². The molecule has 1 aromatic heterocycles. The Balaban J connectivity index is 2.56. The van der Waals surface area contributed by atoms with Crippen molar-refractivity contribution in [1.82, 2.24) is 9.13 Å². The molecule has 0 saturated heterocycles. The van der Waals surface area contributed by atoms with Gasteiger partial charge in [-0.15, -0.1) is 0 Å². The van der Waals surface area contributed by atoms with Crippen molar-refractivity contribution in [2.24, 2.45) is 0 Å². The molecule has 0 saturated carbocycles. The van der Waals surface area contributed by atoms with Crippen LogP contribution in [-0.4, -0.2) is 9.13 Å². The van der Waals surface area contributed by atoms with Crippen LogP contribution in [0, 0.1) is 10.5 Å². The Labute approximate surface area is 135 Å². The molecule has 0 unspecified atom stereocenters. The maximum absolute atomic E-state index is 12.2. The van der Waals surface area contributed by atoms with Gasteiger partial charge in [0, 0.05) is 17.8 Å². The summed E-state index contributed by atoms with van der Waals surface area (Å²) in [5.74, 6) is 0. The zero-order valence-electron chi connectivity index (χ0n) is 11.2. The molecular weight excluding hydrogens is 391 g/mol. The first kappa shape index (κ1) is 15.3. The van der Waals surface area contributed by atoms with Crippen LogP contribution in [0.2, 0.25) is 5.02 Å². The number of benzene rings is 1. The smallest absolute Gasteiger partial charge is 0.300 e. The van der Waals surface area contributed by atoms with Crippen LogP contribution in [0.3, 0.4) is 0 Å². The summed E-state index contributed by atoms with van der Waals surface area (Å²) in [5, 5.41) is 0.568. The van der Waals surface area contributed by atoms with Crippen LogP contribution in [-0.2, 0) is 13.1 Å². The quantitative estimate of drug-likeness (QED) is 0.738. The van der Waals surface area contributed by atoms with Gasteiger partial charge in [-0.2, -0.15) is 0 Å². The lowest BCUT2D eigenvalue weighted by Crippen LogP contribution is -2.41. The third-order valence-corrected chi connectivity index (χ3v) is 4.16. The largest absolute Gasteiger partial charge is 0.331 e. The topological polar surface area (TPSA) is 44.0 Å². The van der Waals surface area contributed by atoms with Crippen LogP contribution < -0.4 is 11.2 Å². The summed E-state index contributed by atoms with van der Waals surface area (Å²) < 4.78 is 3.26. The third kappa shape index (κ3) is 2.98. The molecule has 0 aliphatic rings. The minimum atomic E-state index is -0.311. The zero-order valence-corrected chi connectivity index (χ0v) is 14.1. The van der Waals surface area contributed by atoms with Crippen molar-refractivity contribution in [1.29, 1.82) is 0 Å². The molecule has 0 aliphatic carbocycles. The van der Waals surface area contributed by atoms with Crippen molar-refractivity contribution in [3.63, 3.8) is 0 Å². The molecule has 1 heterocycles. The maximum Gasteiger partial charge on any atom is 0.331 e. The molecule has 4 nitrogen and oxygen atoms in total. The molecule has 0 amide bonds. The van der Waals surface area contributed by atoms with Gasteiger partial charge in [0.25, 0.3) is 5.56 Å². The standard InChI is InChI=1S/C14H14ClIN2O2/c1-3-17-8-12(16)13(19)18(14(17)20)7-10-5-4-9(2)6-11(10)15/h4-6,8H,3,7H2,1-2H3. The van der Waals surface area contributed by atoms with Crippen molar-refractivity contribution in [2.75, 3.05) is 0 Å². The van der Waals surface area contributed by atoms with Crippen LogP contribution in [0.1, 0.15) is 18.1 Å². The highest BCUT2D eigenvalue weighted by Gasteiger charge is 2.11. The van der Waals surface area contributed by atoms with Gasteiger partial charge in [0.2, 0.25) is 0 Å². The van der Waals surface area contributed by atoms with Gasteiger partial charge in [-0.3, -0.25) is 13.9 Å². The highest BCUT2D eigenvalue weighted by molar-refractivity contribution is 14.1. The minimum absolute atomic E-state index is 0.188. The second-order valence-electron chi connectivity index (χ2n) is 4.53. The van der Waals surface area contributed by atoms with Crippen molar-refractivity contribution < 1.29 is 0 Å². The highest BCUT2D eigenvalue weighted by atomic mass is 127. The number of halogens is 2. The summed E-state index contributed by atoms with van der Waals surface area (Å²) in [5.41, 5.74) is 1.22.